The van der Waals surface area contributed by atoms with Gasteiger partial charge in [-0.1, -0.05) is 61.9 Å². The van der Waals surface area contributed by atoms with E-state index in [0.717, 1.165) is 69.9 Å². The molecule has 4 aromatic rings. The van der Waals surface area contributed by atoms with Crippen LogP contribution in [0.1, 0.15) is 43.2 Å². The molecule has 0 saturated heterocycles. The van der Waals surface area contributed by atoms with Crippen LogP contribution >= 0.6 is 0 Å². The highest BCUT2D eigenvalue weighted by Gasteiger charge is 2.22. The zero-order chi connectivity index (χ0) is 33.7. The van der Waals surface area contributed by atoms with E-state index in [-0.39, 0.29) is 19.0 Å². The van der Waals surface area contributed by atoms with Gasteiger partial charge in [-0.2, -0.15) is 0 Å². The van der Waals surface area contributed by atoms with Gasteiger partial charge in [-0.3, -0.25) is 4.79 Å². The van der Waals surface area contributed by atoms with Crippen LogP contribution < -0.4 is 9.47 Å². The van der Waals surface area contributed by atoms with Crippen molar-refractivity contribution in [2.45, 2.75) is 32.1 Å². The lowest BCUT2D eigenvalue weighted by molar-refractivity contribution is -0.146. The normalized spacial score (nSPS) is 15.7. The Morgan fingerprint density at radius 1 is 0.729 bits per heavy atom. The summed E-state index contributed by atoms with van der Waals surface area (Å²) in [5.74, 6) is 8.52. The molecule has 0 radical (unpaired) electrons. The molecule has 0 heterocycles. The van der Waals surface area contributed by atoms with Crippen LogP contribution in [0.5, 0.6) is 11.5 Å². The average molecular weight is 641 g/mol. The van der Waals surface area contributed by atoms with Gasteiger partial charge in [-0.15, -0.1) is 0 Å². The second-order valence-corrected chi connectivity index (χ2v) is 11.9. The van der Waals surface area contributed by atoms with Gasteiger partial charge in [0.1, 0.15) is 17.3 Å². The molecular weight excluding hydrogens is 600 g/mol. The molecule has 1 fully saturated rings. The lowest BCUT2D eigenvalue weighted by Gasteiger charge is -2.28. The molecule has 0 N–H and O–H groups in total. The number of benzene rings is 4. The number of ketones is 1. The molecule has 0 unspecified atom stereocenters. The summed E-state index contributed by atoms with van der Waals surface area (Å²) in [6, 6.07) is 24.3. The fourth-order valence-corrected chi connectivity index (χ4v) is 5.56. The minimum absolute atomic E-state index is 0.0718. The minimum atomic E-state index is -0.499. The topological polar surface area (TPSA) is 71.1 Å². The molecule has 0 aromatic heterocycles. The van der Waals surface area contributed by atoms with Crippen LogP contribution in [0.25, 0.3) is 27.6 Å². The van der Waals surface area contributed by atoms with Crippen molar-refractivity contribution in [2.24, 2.45) is 11.8 Å². The molecule has 5 rings (SSSR count). The molecule has 0 bridgehead atoms. The van der Waals surface area contributed by atoms with E-state index >= 15 is 0 Å². The predicted molar refractivity (Wildman–Crippen MR) is 191 cm³/mol. The second-order valence-electron chi connectivity index (χ2n) is 11.9. The molecule has 6 heteroatoms. The van der Waals surface area contributed by atoms with E-state index < -0.39 is 5.97 Å². The number of hydrogen-bond donors (Lipinski definition) is 0. The summed E-state index contributed by atoms with van der Waals surface area (Å²) in [5.41, 5.74) is 1.77. The fourth-order valence-electron chi connectivity index (χ4n) is 5.56. The molecule has 244 valence electrons. The highest BCUT2D eigenvalue weighted by atomic mass is 16.7. The van der Waals surface area contributed by atoms with E-state index in [1.54, 1.807) is 6.08 Å². The monoisotopic (exact) mass is 640 g/mol. The summed E-state index contributed by atoms with van der Waals surface area (Å²) in [6.45, 7) is 11.8. The molecule has 1 saturated carbocycles. The highest BCUT2D eigenvalue weighted by Crippen LogP contribution is 2.31. The van der Waals surface area contributed by atoms with Crippen molar-refractivity contribution in [1.82, 2.24) is 0 Å². The van der Waals surface area contributed by atoms with Crippen molar-refractivity contribution in [1.29, 1.82) is 0 Å². The maximum atomic E-state index is 11.9. The molecule has 0 aliphatic heterocycles. The third kappa shape index (κ3) is 9.98. The third-order valence-electron chi connectivity index (χ3n) is 8.39. The first-order valence-corrected chi connectivity index (χ1v) is 16.1. The Morgan fingerprint density at radius 2 is 1.31 bits per heavy atom. The van der Waals surface area contributed by atoms with Gasteiger partial charge in [0.15, 0.2) is 5.78 Å². The average Bonchev–Trinajstić information content (AvgIpc) is 3.12. The van der Waals surface area contributed by atoms with Crippen molar-refractivity contribution in [3.05, 3.63) is 128 Å². The summed E-state index contributed by atoms with van der Waals surface area (Å²) in [7, 11) is 0. The first-order valence-electron chi connectivity index (χ1n) is 16.1. The van der Waals surface area contributed by atoms with E-state index in [1.165, 1.54) is 18.2 Å². The molecular formula is C42H40O6. The SMILES string of the molecule is C=CC(=C)OCOC(=O)/C=C/c1ccc2cc(OCC3CCC(COc4ccc5cc(C#CCC(=O)C=C)ccc5c4)CC3)ccc2c1. The Bertz CT molecular complexity index is 1900. The maximum absolute atomic E-state index is 11.9. The van der Waals surface area contributed by atoms with Crippen molar-refractivity contribution in [3.63, 3.8) is 0 Å². The van der Waals surface area contributed by atoms with Gasteiger partial charge in [0.25, 0.3) is 0 Å². The minimum Gasteiger partial charge on any atom is -0.493 e. The van der Waals surface area contributed by atoms with Gasteiger partial charge in [0, 0.05) is 11.6 Å². The zero-order valence-corrected chi connectivity index (χ0v) is 27.1. The summed E-state index contributed by atoms with van der Waals surface area (Å²) in [6.07, 6.45) is 10.5. The number of carbonyl (C=O) groups is 2. The number of carbonyl (C=O) groups excluding carboxylic acids is 2. The quantitative estimate of drug-likeness (QED) is 0.0342. The first-order chi connectivity index (χ1) is 23.4. The summed E-state index contributed by atoms with van der Waals surface area (Å²) < 4.78 is 22.5. The van der Waals surface area contributed by atoms with E-state index in [9.17, 15) is 9.59 Å². The summed E-state index contributed by atoms with van der Waals surface area (Å²) in [5, 5.41) is 4.32. The van der Waals surface area contributed by atoms with Gasteiger partial charge in [0.05, 0.1) is 19.6 Å². The lowest BCUT2D eigenvalue weighted by Crippen LogP contribution is -2.23. The standard InChI is InChI=1S/C42H40O6/c1-4-30(3)47-29-48-42(44)22-15-32-14-17-38-26-41(21-19-36(38)24-32)46-28-34-11-9-33(10-12-34)27-45-40-20-18-35-23-31(13-16-37(35)25-40)7-6-8-39(43)5-2/h4-5,13-26,33-34H,1-3,8-12,27-29H2/b22-15+. The van der Waals surface area contributed by atoms with E-state index in [4.69, 9.17) is 18.9 Å². The summed E-state index contributed by atoms with van der Waals surface area (Å²) in [4.78, 5) is 23.3. The molecule has 4 aromatic carbocycles. The van der Waals surface area contributed by atoms with Crippen molar-refractivity contribution >= 4 is 39.4 Å². The first kappa shape index (κ1) is 33.8. The van der Waals surface area contributed by atoms with Crippen LogP contribution in [0.4, 0.5) is 0 Å². The number of ether oxygens (including phenoxy) is 4. The Morgan fingerprint density at radius 3 is 1.94 bits per heavy atom. The van der Waals surface area contributed by atoms with E-state index in [1.807, 2.05) is 54.6 Å². The highest BCUT2D eigenvalue weighted by molar-refractivity contribution is 5.91. The molecule has 1 aliphatic rings. The van der Waals surface area contributed by atoms with Crippen LogP contribution in [0.3, 0.4) is 0 Å². The lowest BCUT2D eigenvalue weighted by atomic mass is 9.83. The number of rotatable bonds is 14. The number of esters is 1. The van der Waals surface area contributed by atoms with E-state index in [2.05, 4.69) is 49.8 Å². The van der Waals surface area contributed by atoms with Crippen molar-refractivity contribution in [2.75, 3.05) is 20.0 Å². The second kappa shape index (κ2) is 16.9. The third-order valence-corrected chi connectivity index (χ3v) is 8.39. The zero-order valence-electron chi connectivity index (χ0n) is 27.1. The van der Waals surface area contributed by atoms with Crippen molar-refractivity contribution < 1.29 is 28.5 Å². The Hall–Kier alpha value is -5.54. The van der Waals surface area contributed by atoms with Gasteiger partial charge < -0.3 is 18.9 Å². The molecule has 0 amide bonds. The van der Waals surface area contributed by atoms with Gasteiger partial charge in [-0.25, -0.2) is 4.79 Å². The predicted octanol–water partition coefficient (Wildman–Crippen LogP) is 8.98. The smallest absolute Gasteiger partial charge is 0.333 e. The maximum Gasteiger partial charge on any atom is 0.333 e. The number of fused-ring (bicyclic) bond motifs is 2. The Balaban J connectivity index is 1.04. The fraction of sp³-hybridized carbons (Fsp3) is 0.238. The van der Waals surface area contributed by atoms with Gasteiger partial charge in [0.2, 0.25) is 6.79 Å². The van der Waals surface area contributed by atoms with Crippen LogP contribution in [0.15, 0.2) is 117 Å². The Labute approximate surface area is 282 Å². The number of allylic oxidation sites excluding steroid dienone is 2. The number of hydrogen-bond acceptors (Lipinski definition) is 6. The molecule has 0 atom stereocenters. The molecule has 0 spiro atoms. The molecule has 6 nitrogen and oxygen atoms in total. The van der Waals surface area contributed by atoms with Crippen LogP contribution in [-0.4, -0.2) is 31.8 Å². The molecule has 1 aliphatic carbocycles. The summed E-state index contributed by atoms with van der Waals surface area (Å²) >= 11 is 0. The van der Waals surface area contributed by atoms with Crippen LogP contribution in [-0.2, 0) is 19.1 Å². The Kier molecular flexibility index (Phi) is 11.9. The van der Waals surface area contributed by atoms with Crippen LogP contribution in [0, 0.1) is 23.7 Å². The largest absolute Gasteiger partial charge is 0.493 e. The van der Waals surface area contributed by atoms with Crippen LogP contribution in [0.2, 0.25) is 0 Å². The van der Waals surface area contributed by atoms with Crippen molar-refractivity contribution in [3.8, 4) is 23.3 Å². The van der Waals surface area contributed by atoms with Gasteiger partial charge in [-0.05, 0) is 125 Å². The molecule has 48 heavy (non-hydrogen) atoms. The van der Waals surface area contributed by atoms with Gasteiger partial charge >= 0.3 is 5.97 Å². The van der Waals surface area contributed by atoms with E-state index in [0.29, 0.717) is 30.8 Å².